The molecule has 0 amide bonds. The van der Waals surface area contributed by atoms with E-state index in [-0.39, 0.29) is 6.04 Å². The Morgan fingerprint density at radius 2 is 2.47 bits per heavy atom. The Morgan fingerprint density at radius 1 is 1.67 bits per heavy atom. The van der Waals surface area contributed by atoms with Crippen LogP contribution in [0.25, 0.3) is 0 Å². The van der Waals surface area contributed by atoms with Crippen molar-refractivity contribution < 1.29 is 4.42 Å². The first-order valence-corrected chi connectivity index (χ1v) is 5.94. The van der Waals surface area contributed by atoms with Gasteiger partial charge in [-0.05, 0) is 28.9 Å². The lowest BCUT2D eigenvalue weighted by Gasteiger charge is -2.11. The van der Waals surface area contributed by atoms with Crippen LogP contribution in [-0.2, 0) is 0 Å². The molecule has 0 radical (unpaired) electrons. The molecule has 2 aromatic heterocycles. The standard InChI is InChI=1S/C9H10BrN3OS/c1-5-12-4-7(15-5)8(13-11)9-6(10)2-3-14-9/h2-4,8,13H,11H2,1H3. The summed E-state index contributed by atoms with van der Waals surface area (Å²) >= 11 is 5.00. The van der Waals surface area contributed by atoms with Crippen molar-refractivity contribution in [1.29, 1.82) is 0 Å². The third-order valence-corrected chi connectivity index (χ3v) is 3.63. The van der Waals surface area contributed by atoms with E-state index in [9.17, 15) is 0 Å². The first kappa shape index (κ1) is 10.8. The molecule has 1 atom stereocenters. The molecule has 2 heterocycles. The summed E-state index contributed by atoms with van der Waals surface area (Å²) in [5.41, 5.74) is 2.72. The molecule has 0 bridgehead atoms. The summed E-state index contributed by atoms with van der Waals surface area (Å²) in [4.78, 5) is 5.22. The molecule has 4 nitrogen and oxygen atoms in total. The third-order valence-electron chi connectivity index (χ3n) is 2.00. The molecule has 0 aliphatic rings. The number of nitrogens with zero attached hydrogens (tertiary/aromatic N) is 1. The highest BCUT2D eigenvalue weighted by molar-refractivity contribution is 9.10. The molecule has 15 heavy (non-hydrogen) atoms. The minimum Gasteiger partial charge on any atom is -0.466 e. The van der Waals surface area contributed by atoms with Gasteiger partial charge in [0.15, 0.2) is 0 Å². The number of halogens is 1. The van der Waals surface area contributed by atoms with Gasteiger partial charge in [0, 0.05) is 6.20 Å². The quantitative estimate of drug-likeness (QED) is 0.672. The minimum atomic E-state index is -0.152. The Hall–Kier alpha value is -0.690. The predicted molar refractivity (Wildman–Crippen MR) is 62.4 cm³/mol. The summed E-state index contributed by atoms with van der Waals surface area (Å²) in [5.74, 6) is 6.29. The van der Waals surface area contributed by atoms with E-state index >= 15 is 0 Å². The summed E-state index contributed by atoms with van der Waals surface area (Å²) in [7, 11) is 0. The SMILES string of the molecule is Cc1ncc(C(NN)c2occc2Br)s1. The number of nitrogens with two attached hydrogens (primary N) is 1. The van der Waals surface area contributed by atoms with Crippen LogP contribution in [0.1, 0.15) is 21.7 Å². The Morgan fingerprint density at radius 3 is 2.93 bits per heavy atom. The van der Waals surface area contributed by atoms with Gasteiger partial charge in [-0.2, -0.15) is 0 Å². The molecule has 80 valence electrons. The van der Waals surface area contributed by atoms with Crippen LogP contribution in [0.5, 0.6) is 0 Å². The number of hydrogen-bond acceptors (Lipinski definition) is 5. The number of hydrogen-bond donors (Lipinski definition) is 2. The number of hydrazine groups is 1. The first-order chi connectivity index (χ1) is 7.22. The van der Waals surface area contributed by atoms with Crippen molar-refractivity contribution in [2.24, 2.45) is 5.84 Å². The van der Waals surface area contributed by atoms with E-state index in [0.717, 1.165) is 20.1 Å². The zero-order chi connectivity index (χ0) is 10.8. The largest absolute Gasteiger partial charge is 0.466 e. The summed E-state index contributed by atoms with van der Waals surface area (Å²) < 4.78 is 6.27. The maximum Gasteiger partial charge on any atom is 0.141 e. The summed E-state index contributed by atoms with van der Waals surface area (Å²) in [6, 6.07) is 1.69. The van der Waals surface area contributed by atoms with Gasteiger partial charge in [-0.1, -0.05) is 0 Å². The van der Waals surface area contributed by atoms with E-state index < -0.39 is 0 Å². The van der Waals surface area contributed by atoms with E-state index in [1.807, 2.05) is 13.0 Å². The average Bonchev–Trinajstić information content (AvgIpc) is 2.79. The summed E-state index contributed by atoms with van der Waals surface area (Å²) in [6.45, 7) is 1.96. The molecule has 2 aromatic rings. The molecule has 0 spiro atoms. The molecule has 3 N–H and O–H groups in total. The Bertz CT molecular complexity index is 454. The Kier molecular flexibility index (Phi) is 3.20. The lowest BCUT2D eigenvalue weighted by Crippen LogP contribution is -2.28. The van der Waals surface area contributed by atoms with Crippen LogP contribution in [0, 0.1) is 6.92 Å². The predicted octanol–water partition coefficient (Wildman–Crippen LogP) is 2.36. The van der Waals surface area contributed by atoms with E-state index in [4.69, 9.17) is 10.3 Å². The maximum atomic E-state index is 5.52. The zero-order valence-electron chi connectivity index (χ0n) is 8.03. The van der Waals surface area contributed by atoms with Crippen LogP contribution < -0.4 is 11.3 Å². The molecule has 6 heteroatoms. The highest BCUT2D eigenvalue weighted by Crippen LogP contribution is 2.31. The number of nitrogens with one attached hydrogen (secondary N) is 1. The normalized spacial score (nSPS) is 13.0. The van der Waals surface area contributed by atoms with Gasteiger partial charge < -0.3 is 4.42 Å². The molecule has 0 aromatic carbocycles. The third kappa shape index (κ3) is 2.12. The van der Waals surface area contributed by atoms with Crippen LogP contribution in [-0.4, -0.2) is 4.98 Å². The zero-order valence-corrected chi connectivity index (χ0v) is 10.4. The summed E-state index contributed by atoms with van der Waals surface area (Å²) in [6.07, 6.45) is 3.43. The second-order valence-electron chi connectivity index (χ2n) is 3.01. The maximum absolute atomic E-state index is 5.52. The van der Waals surface area contributed by atoms with Crippen molar-refractivity contribution in [3.63, 3.8) is 0 Å². The molecular weight excluding hydrogens is 278 g/mol. The first-order valence-electron chi connectivity index (χ1n) is 4.33. The van der Waals surface area contributed by atoms with Crippen LogP contribution >= 0.6 is 27.3 Å². The van der Waals surface area contributed by atoms with Crippen molar-refractivity contribution >= 4 is 27.3 Å². The van der Waals surface area contributed by atoms with Crippen molar-refractivity contribution in [2.45, 2.75) is 13.0 Å². The van der Waals surface area contributed by atoms with Crippen LogP contribution in [0.15, 0.2) is 27.4 Å². The van der Waals surface area contributed by atoms with Crippen molar-refractivity contribution in [2.75, 3.05) is 0 Å². The van der Waals surface area contributed by atoms with Gasteiger partial charge in [0.2, 0.25) is 0 Å². The van der Waals surface area contributed by atoms with Crippen molar-refractivity contribution in [1.82, 2.24) is 10.4 Å². The topological polar surface area (TPSA) is 64.1 Å². The molecule has 0 saturated heterocycles. The molecule has 0 fully saturated rings. The van der Waals surface area contributed by atoms with Gasteiger partial charge >= 0.3 is 0 Å². The average molecular weight is 288 g/mol. The highest BCUT2D eigenvalue weighted by Gasteiger charge is 2.20. The van der Waals surface area contributed by atoms with Crippen molar-refractivity contribution in [3.05, 3.63) is 38.6 Å². The smallest absolute Gasteiger partial charge is 0.141 e. The fourth-order valence-corrected chi connectivity index (χ4v) is 2.58. The van der Waals surface area contributed by atoms with E-state index in [1.165, 1.54) is 0 Å². The van der Waals surface area contributed by atoms with Crippen LogP contribution in [0.3, 0.4) is 0 Å². The minimum absolute atomic E-state index is 0.152. The van der Waals surface area contributed by atoms with Gasteiger partial charge in [-0.25, -0.2) is 10.4 Å². The van der Waals surface area contributed by atoms with Crippen LogP contribution in [0.2, 0.25) is 0 Å². The van der Waals surface area contributed by atoms with Crippen LogP contribution in [0.4, 0.5) is 0 Å². The molecule has 1 unspecified atom stereocenters. The van der Waals surface area contributed by atoms with Gasteiger partial charge in [-0.3, -0.25) is 5.84 Å². The Balaban J connectivity index is 2.36. The number of thiazole rings is 1. The molecule has 0 aliphatic carbocycles. The van der Waals surface area contributed by atoms with Gasteiger partial charge in [0.25, 0.3) is 0 Å². The van der Waals surface area contributed by atoms with Gasteiger partial charge in [-0.15, -0.1) is 11.3 Å². The fourth-order valence-electron chi connectivity index (χ4n) is 1.31. The van der Waals surface area contributed by atoms with Crippen molar-refractivity contribution in [3.8, 4) is 0 Å². The molecular formula is C9H10BrN3OS. The monoisotopic (exact) mass is 287 g/mol. The second kappa shape index (κ2) is 4.44. The number of aromatic nitrogens is 1. The lowest BCUT2D eigenvalue weighted by molar-refractivity contribution is 0.452. The number of aryl methyl sites for hydroxylation is 1. The van der Waals surface area contributed by atoms with Gasteiger partial charge in [0.1, 0.15) is 11.8 Å². The van der Waals surface area contributed by atoms with E-state index in [0.29, 0.717) is 0 Å². The fraction of sp³-hybridized carbons (Fsp3) is 0.222. The summed E-state index contributed by atoms with van der Waals surface area (Å²) in [5, 5.41) is 1.01. The van der Waals surface area contributed by atoms with E-state index in [2.05, 4.69) is 26.3 Å². The highest BCUT2D eigenvalue weighted by atomic mass is 79.9. The Labute approximate surface area is 99.6 Å². The number of furan rings is 1. The molecule has 2 rings (SSSR count). The molecule has 0 saturated carbocycles. The second-order valence-corrected chi connectivity index (χ2v) is 5.13. The molecule has 0 aliphatic heterocycles. The van der Waals surface area contributed by atoms with Gasteiger partial charge in [0.05, 0.1) is 20.6 Å². The number of rotatable bonds is 3. The lowest BCUT2D eigenvalue weighted by atomic mass is 10.2. The van der Waals surface area contributed by atoms with E-state index in [1.54, 1.807) is 23.8 Å².